The molecule has 2 aromatic rings. The van der Waals surface area contributed by atoms with Crippen molar-refractivity contribution in [3.8, 4) is 6.01 Å². The zero-order chi connectivity index (χ0) is 11.4. The maximum absolute atomic E-state index is 5.50. The molecule has 6 nitrogen and oxygen atoms in total. The van der Waals surface area contributed by atoms with Crippen molar-refractivity contribution in [3.63, 3.8) is 0 Å². The van der Waals surface area contributed by atoms with Crippen molar-refractivity contribution in [2.75, 3.05) is 12.8 Å². The number of aromatic nitrogens is 3. The minimum absolute atomic E-state index is 0.147. The first kappa shape index (κ1) is 10.7. The average Bonchev–Trinajstić information content (AvgIpc) is 2.78. The van der Waals surface area contributed by atoms with E-state index in [0.29, 0.717) is 10.9 Å². The van der Waals surface area contributed by atoms with Gasteiger partial charge in [-0.3, -0.25) is 0 Å². The summed E-state index contributed by atoms with van der Waals surface area (Å²) in [5.41, 5.74) is 5.50. The van der Waals surface area contributed by atoms with Crippen LogP contribution < -0.4 is 10.5 Å². The van der Waals surface area contributed by atoms with Gasteiger partial charge >= 0.3 is 6.01 Å². The van der Waals surface area contributed by atoms with Gasteiger partial charge in [0, 0.05) is 0 Å². The highest BCUT2D eigenvalue weighted by molar-refractivity contribution is 7.98. The van der Waals surface area contributed by atoms with Crippen molar-refractivity contribution in [2.24, 2.45) is 0 Å². The molecule has 0 aromatic carbocycles. The van der Waals surface area contributed by atoms with Gasteiger partial charge in [0.05, 0.1) is 19.1 Å². The maximum Gasteiger partial charge on any atom is 0.321 e. The quantitative estimate of drug-likeness (QED) is 0.804. The number of furan rings is 1. The van der Waals surface area contributed by atoms with Gasteiger partial charge in [0.25, 0.3) is 0 Å². The van der Waals surface area contributed by atoms with Gasteiger partial charge in [-0.2, -0.15) is 15.0 Å². The zero-order valence-electron chi connectivity index (χ0n) is 8.58. The first-order chi connectivity index (χ1) is 7.78. The number of rotatable bonds is 4. The lowest BCUT2D eigenvalue weighted by molar-refractivity contribution is 0.374. The Bertz CT molecular complexity index is 461. The molecule has 7 heteroatoms. The maximum atomic E-state index is 5.50. The van der Waals surface area contributed by atoms with Gasteiger partial charge in [0.2, 0.25) is 5.95 Å². The van der Waals surface area contributed by atoms with Crippen molar-refractivity contribution in [3.05, 3.63) is 24.2 Å². The Morgan fingerprint density at radius 3 is 3.00 bits per heavy atom. The number of thioether (sulfide) groups is 1. The summed E-state index contributed by atoms with van der Waals surface area (Å²) in [5, 5.41) is 0.515. The van der Waals surface area contributed by atoms with Crippen LogP contribution in [0.1, 0.15) is 5.76 Å². The third kappa shape index (κ3) is 2.63. The van der Waals surface area contributed by atoms with Crippen LogP contribution in [-0.4, -0.2) is 22.1 Å². The van der Waals surface area contributed by atoms with Gasteiger partial charge in [0.1, 0.15) is 5.76 Å². The number of nitrogens with zero attached hydrogens (tertiary/aromatic N) is 3. The number of nitrogens with two attached hydrogens (primary N) is 1. The lowest BCUT2D eigenvalue weighted by Crippen LogP contribution is -2.01. The molecule has 2 aromatic heterocycles. The SMILES string of the molecule is COc1nc(N)nc(SCc2ccco2)n1. The van der Waals surface area contributed by atoms with E-state index in [9.17, 15) is 0 Å². The fourth-order valence-corrected chi connectivity index (χ4v) is 1.78. The van der Waals surface area contributed by atoms with Crippen LogP contribution >= 0.6 is 11.8 Å². The molecule has 16 heavy (non-hydrogen) atoms. The lowest BCUT2D eigenvalue weighted by atomic mass is 10.5. The minimum Gasteiger partial charge on any atom is -0.468 e. The Hall–Kier alpha value is -1.76. The molecular weight excluding hydrogens is 228 g/mol. The van der Waals surface area contributed by atoms with E-state index in [2.05, 4.69) is 15.0 Å². The van der Waals surface area contributed by atoms with Gasteiger partial charge in [0.15, 0.2) is 5.16 Å². The van der Waals surface area contributed by atoms with Crippen molar-refractivity contribution < 1.29 is 9.15 Å². The average molecular weight is 238 g/mol. The number of nitrogen functional groups attached to an aromatic ring is 1. The molecule has 0 aliphatic rings. The Labute approximate surface area is 96.2 Å². The van der Waals surface area contributed by atoms with E-state index in [0.717, 1.165) is 5.76 Å². The molecule has 0 aliphatic heterocycles. The normalized spacial score (nSPS) is 10.3. The Balaban J connectivity index is 2.06. The van der Waals surface area contributed by atoms with Crippen LogP contribution in [0.3, 0.4) is 0 Å². The second kappa shape index (κ2) is 4.84. The molecule has 2 rings (SSSR count). The number of methoxy groups -OCH3 is 1. The van der Waals surface area contributed by atoms with Gasteiger partial charge in [-0.05, 0) is 12.1 Å². The summed E-state index contributed by atoms with van der Waals surface area (Å²) in [7, 11) is 1.48. The van der Waals surface area contributed by atoms with E-state index in [-0.39, 0.29) is 12.0 Å². The van der Waals surface area contributed by atoms with Crippen LogP contribution in [0.15, 0.2) is 28.0 Å². The fraction of sp³-hybridized carbons (Fsp3) is 0.222. The predicted molar refractivity (Wildman–Crippen MR) is 59.1 cm³/mol. The molecule has 0 aliphatic carbocycles. The molecule has 0 bridgehead atoms. The van der Waals surface area contributed by atoms with E-state index < -0.39 is 0 Å². The molecule has 84 valence electrons. The van der Waals surface area contributed by atoms with Crippen LogP contribution in [-0.2, 0) is 5.75 Å². The summed E-state index contributed by atoms with van der Waals surface area (Å²) in [6.45, 7) is 0. The Morgan fingerprint density at radius 1 is 1.44 bits per heavy atom. The summed E-state index contributed by atoms with van der Waals surface area (Å²) in [6, 6.07) is 3.93. The molecule has 0 unspecified atom stereocenters. The summed E-state index contributed by atoms with van der Waals surface area (Å²) in [4.78, 5) is 11.8. The van der Waals surface area contributed by atoms with Crippen molar-refractivity contribution in [2.45, 2.75) is 10.9 Å². The van der Waals surface area contributed by atoms with Crippen LogP contribution in [0, 0.1) is 0 Å². The highest BCUT2D eigenvalue weighted by Gasteiger charge is 2.06. The van der Waals surface area contributed by atoms with Gasteiger partial charge in [-0.25, -0.2) is 0 Å². The summed E-state index contributed by atoms with van der Waals surface area (Å²) in [6.07, 6.45) is 1.62. The third-order valence-corrected chi connectivity index (χ3v) is 2.59. The first-order valence-electron chi connectivity index (χ1n) is 4.48. The molecular formula is C9H10N4O2S. The fourth-order valence-electron chi connectivity index (χ4n) is 1.04. The topological polar surface area (TPSA) is 87.1 Å². The van der Waals surface area contributed by atoms with E-state index in [4.69, 9.17) is 14.9 Å². The third-order valence-electron chi connectivity index (χ3n) is 1.72. The number of hydrogen-bond acceptors (Lipinski definition) is 7. The number of ether oxygens (including phenoxy) is 1. The molecule has 2 heterocycles. The summed E-state index contributed by atoms with van der Waals surface area (Å²) >= 11 is 1.41. The van der Waals surface area contributed by atoms with Gasteiger partial charge < -0.3 is 14.9 Å². The van der Waals surface area contributed by atoms with Crippen LogP contribution in [0.2, 0.25) is 0 Å². The van der Waals surface area contributed by atoms with Gasteiger partial charge in [-0.1, -0.05) is 11.8 Å². The van der Waals surface area contributed by atoms with E-state index in [1.165, 1.54) is 18.9 Å². The summed E-state index contributed by atoms with van der Waals surface area (Å²) < 4.78 is 10.1. The zero-order valence-corrected chi connectivity index (χ0v) is 9.40. The highest BCUT2D eigenvalue weighted by Crippen LogP contribution is 2.21. The molecule has 0 spiro atoms. The predicted octanol–water partition coefficient (Wildman–Crippen LogP) is 1.35. The monoisotopic (exact) mass is 238 g/mol. The molecule has 0 fully saturated rings. The van der Waals surface area contributed by atoms with Gasteiger partial charge in [-0.15, -0.1) is 0 Å². The van der Waals surface area contributed by atoms with Crippen LogP contribution in [0.5, 0.6) is 6.01 Å². The highest BCUT2D eigenvalue weighted by atomic mass is 32.2. The lowest BCUT2D eigenvalue weighted by Gasteiger charge is -2.01. The van der Waals surface area contributed by atoms with Crippen molar-refractivity contribution >= 4 is 17.7 Å². The number of hydrogen-bond donors (Lipinski definition) is 1. The van der Waals surface area contributed by atoms with E-state index in [1.807, 2.05) is 12.1 Å². The second-order valence-corrected chi connectivity index (χ2v) is 3.77. The van der Waals surface area contributed by atoms with E-state index >= 15 is 0 Å². The molecule has 0 atom stereocenters. The Morgan fingerprint density at radius 2 is 2.31 bits per heavy atom. The first-order valence-corrected chi connectivity index (χ1v) is 5.47. The molecule has 0 amide bonds. The minimum atomic E-state index is 0.147. The standard InChI is InChI=1S/C9H10N4O2S/c1-14-8-11-7(10)12-9(13-8)16-5-6-3-2-4-15-6/h2-4H,5H2,1H3,(H2,10,11,12,13). The smallest absolute Gasteiger partial charge is 0.321 e. The van der Waals surface area contributed by atoms with E-state index in [1.54, 1.807) is 6.26 Å². The van der Waals surface area contributed by atoms with Crippen molar-refractivity contribution in [1.82, 2.24) is 15.0 Å². The largest absolute Gasteiger partial charge is 0.468 e. The van der Waals surface area contributed by atoms with Crippen LogP contribution in [0.4, 0.5) is 5.95 Å². The molecule has 0 saturated heterocycles. The second-order valence-electron chi connectivity index (χ2n) is 2.83. The molecule has 0 saturated carbocycles. The summed E-state index contributed by atoms with van der Waals surface area (Å²) in [5.74, 6) is 1.64. The molecule has 2 N–H and O–H groups in total. The number of anilines is 1. The molecule has 0 radical (unpaired) electrons. The van der Waals surface area contributed by atoms with Crippen molar-refractivity contribution in [1.29, 1.82) is 0 Å². The Kier molecular flexibility index (Phi) is 3.25. The van der Waals surface area contributed by atoms with Crippen LogP contribution in [0.25, 0.3) is 0 Å².